The lowest BCUT2D eigenvalue weighted by molar-refractivity contribution is -0.143. The summed E-state index contributed by atoms with van der Waals surface area (Å²) in [4.78, 5) is 17.1. The molecule has 0 aliphatic rings. The van der Waals surface area contributed by atoms with Gasteiger partial charge in [-0.1, -0.05) is 17.7 Å². The number of nitrogens with one attached hydrogen (secondary N) is 1. The van der Waals surface area contributed by atoms with E-state index in [-0.39, 0.29) is 13.2 Å². The zero-order valence-corrected chi connectivity index (χ0v) is 9.85. The van der Waals surface area contributed by atoms with Gasteiger partial charge < -0.3 is 13.9 Å². The summed E-state index contributed by atoms with van der Waals surface area (Å²) in [6.07, 6.45) is -0.428. The molecule has 6 nitrogen and oxygen atoms in total. The first-order valence-electron chi connectivity index (χ1n) is 4.05. The molecule has 84 valence electrons. The van der Waals surface area contributed by atoms with Crippen LogP contribution < -0.4 is 4.89 Å². The van der Waals surface area contributed by atoms with Gasteiger partial charge >= 0.3 is 13.6 Å². The highest BCUT2D eigenvalue weighted by Crippen LogP contribution is 2.47. The molecule has 0 aliphatic heterocycles. The summed E-state index contributed by atoms with van der Waals surface area (Å²) in [5.74, 6) is -0.745. The highest BCUT2D eigenvalue weighted by Gasteiger charge is 2.28. The van der Waals surface area contributed by atoms with Crippen LogP contribution in [0, 0.1) is 0 Å². The Kier molecular flexibility index (Phi) is 7.22. The smallest absolute Gasteiger partial charge is 0.341 e. The number of thiol groups is 1. The summed E-state index contributed by atoms with van der Waals surface area (Å²) in [6, 6.07) is 0. The molecule has 0 atom stereocenters. The van der Waals surface area contributed by atoms with Gasteiger partial charge in [-0.15, -0.1) is 0 Å². The Morgan fingerprint density at radius 1 is 1.36 bits per heavy atom. The van der Waals surface area contributed by atoms with Crippen molar-refractivity contribution in [2.24, 2.45) is 0 Å². The van der Waals surface area contributed by atoms with E-state index in [2.05, 4.69) is 17.7 Å². The molecule has 0 fully saturated rings. The molecule has 0 aromatic carbocycles. The lowest BCUT2D eigenvalue weighted by atomic mass is 10.8. The molecule has 0 heterocycles. The van der Waals surface area contributed by atoms with Crippen LogP contribution in [0.25, 0.3) is 0 Å². The van der Waals surface area contributed by atoms with Gasteiger partial charge in [-0.05, 0) is 13.8 Å². The van der Waals surface area contributed by atoms with Crippen LogP contribution in [0.15, 0.2) is 0 Å². The van der Waals surface area contributed by atoms with Crippen molar-refractivity contribution in [3.8, 4) is 0 Å². The second-order valence-corrected chi connectivity index (χ2v) is 4.41. The molecule has 0 bridgehead atoms. The number of carbonyl (C=O) groups is 1. The number of carbonyl (C=O) groups excluding carboxylic acids is 1. The second kappa shape index (κ2) is 7.25. The van der Waals surface area contributed by atoms with Crippen LogP contribution in [0.3, 0.4) is 0 Å². The average molecular weight is 243 g/mol. The van der Waals surface area contributed by atoms with Crippen molar-refractivity contribution < 1.29 is 23.2 Å². The maximum Gasteiger partial charge on any atom is 0.341 e. The van der Waals surface area contributed by atoms with Gasteiger partial charge in [0.2, 0.25) is 0 Å². The topological polar surface area (TPSA) is 73.9 Å². The summed E-state index contributed by atoms with van der Waals surface area (Å²) in [5.41, 5.74) is 0. The van der Waals surface area contributed by atoms with Crippen molar-refractivity contribution in [1.82, 2.24) is 4.89 Å². The fourth-order valence-corrected chi connectivity index (χ4v) is 2.29. The van der Waals surface area contributed by atoms with E-state index in [0.29, 0.717) is 0 Å². The van der Waals surface area contributed by atoms with Crippen molar-refractivity contribution in [2.45, 2.75) is 13.8 Å². The minimum Gasteiger partial charge on any atom is -0.360 e. The van der Waals surface area contributed by atoms with E-state index in [1.54, 1.807) is 13.8 Å². The summed E-state index contributed by atoms with van der Waals surface area (Å²) in [5, 5.41) is 0. The fraction of sp³-hybridized carbons (Fsp3) is 0.833. The van der Waals surface area contributed by atoms with Crippen molar-refractivity contribution >= 4 is 26.4 Å². The normalized spacial score (nSPS) is 11.4. The van der Waals surface area contributed by atoms with Gasteiger partial charge in [0.05, 0.1) is 13.2 Å². The van der Waals surface area contributed by atoms with E-state index >= 15 is 0 Å². The van der Waals surface area contributed by atoms with Crippen LogP contribution in [0.1, 0.15) is 13.8 Å². The second-order valence-electron chi connectivity index (χ2n) is 2.17. The molecule has 0 saturated carbocycles. The molecule has 0 amide bonds. The van der Waals surface area contributed by atoms with E-state index in [1.165, 1.54) is 0 Å². The Bertz CT molecular complexity index is 214. The van der Waals surface area contributed by atoms with Crippen LogP contribution in [0.5, 0.6) is 0 Å². The molecule has 0 unspecified atom stereocenters. The molecular formula is C6H14NO5PS. The number of hydrogen-bond donors (Lipinski definition) is 2. The Morgan fingerprint density at radius 3 is 2.21 bits per heavy atom. The molecule has 8 heteroatoms. The lowest BCUT2D eigenvalue weighted by Gasteiger charge is -2.15. The maximum atomic E-state index is 11.7. The third-order valence-electron chi connectivity index (χ3n) is 1.13. The number of hydrogen-bond acceptors (Lipinski definition) is 7. The van der Waals surface area contributed by atoms with Crippen LogP contribution in [-0.4, -0.2) is 25.3 Å². The first-order valence-corrected chi connectivity index (χ1v) is 6.22. The molecule has 0 saturated heterocycles. The van der Waals surface area contributed by atoms with Gasteiger partial charge in [-0.25, -0.2) is 4.79 Å². The van der Waals surface area contributed by atoms with E-state index in [1.807, 2.05) is 4.89 Å². The third kappa shape index (κ3) is 5.62. The SMILES string of the molecule is CCOP(=O)(CC(=O)ONS)OCC. The van der Waals surface area contributed by atoms with Crippen molar-refractivity contribution in [3.63, 3.8) is 0 Å². The minimum absolute atomic E-state index is 0.207. The Balaban J connectivity index is 4.21. The highest BCUT2D eigenvalue weighted by molar-refractivity contribution is 7.77. The van der Waals surface area contributed by atoms with Gasteiger partial charge in [0.25, 0.3) is 0 Å². The molecule has 0 aliphatic carbocycles. The fourth-order valence-electron chi connectivity index (χ4n) is 0.763. The van der Waals surface area contributed by atoms with Gasteiger partial charge in [-0.2, -0.15) is 0 Å². The monoisotopic (exact) mass is 243 g/mol. The Morgan fingerprint density at radius 2 is 1.86 bits per heavy atom. The summed E-state index contributed by atoms with van der Waals surface area (Å²) < 4.78 is 21.4. The first kappa shape index (κ1) is 13.9. The Labute approximate surface area is 88.3 Å². The quantitative estimate of drug-likeness (QED) is 0.397. The average Bonchev–Trinajstić information content (AvgIpc) is 2.04. The molecule has 0 radical (unpaired) electrons. The van der Waals surface area contributed by atoms with Gasteiger partial charge in [0.1, 0.15) is 6.16 Å². The molecule has 0 aromatic heterocycles. The summed E-state index contributed by atoms with van der Waals surface area (Å²) >= 11 is 3.45. The largest absolute Gasteiger partial charge is 0.360 e. The van der Waals surface area contributed by atoms with E-state index < -0.39 is 19.7 Å². The van der Waals surface area contributed by atoms with Crippen LogP contribution >= 0.6 is 20.4 Å². The predicted octanol–water partition coefficient (Wildman–Crippen LogP) is 1.15. The van der Waals surface area contributed by atoms with Crippen molar-refractivity contribution in [3.05, 3.63) is 0 Å². The molecule has 0 rings (SSSR count). The van der Waals surface area contributed by atoms with Crippen LogP contribution in [-0.2, 0) is 23.2 Å². The van der Waals surface area contributed by atoms with E-state index in [4.69, 9.17) is 9.05 Å². The molecule has 1 N–H and O–H groups in total. The zero-order valence-electron chi connectivity index (χ0n) is 8.06. The van der Waals surface area contributed by atoms with Gasteiger partial charge in [0.15, 0.2) is 0 Å². The number of rotatable bonds is 7. The zero-order chi connectivity index (χ0) is 11.0. The van der Waals surface area contributed by atoms with Crippen LogP contribution in [0.2, 0.25) is 0 Å². The maximum absolute atomic E-state index is 11.7. The van der Waals surface area contributed by atoms with Gasteiger partial charge in [0, 0.05) is 0 Å². The third-order valence-corrected chi connectivity index (χ3v) is 3.17. The summed E-state index contributed by atoms with van der Waals surface area (Å²) in [7, 11) is -3.35. The summed E-state index contributed by atoms with van der Waals surface area (Å²) in [6.45, 7) is 3.74. The van der Waals surface area contributed by atoms with Gasteiger partial charge in [-0.3, -0.25) is 4.57 Å². The van der Waals surface area contributed by atoms with E-state index in [0.717, 1.165) is 0 Å². The van der Waals surface area contributed by atoms with Crippen molar-refractivity contribution in [1.29, 1.82) is 0 Å². The standard InChI is InChI=1S/C6H14NO5PS/c1-3-10-13(9,11-4-2)5-6(8)12-7-14/h7,14H,3-5H2,1-2H3. The molecule has 0 aromatic rings. The van der Waals surface area contributed by atoms with Crippen molar-refractivity contribution in [2.75, 3.05) is 19.4 Å². The first-order chi connectivity index (χ1) is 6.58. The van der Waals surface area contributed by atoms with E-state index in [9.17, 15) is 9.36 Å². The Hall–Kier alpha value is -0.0700. The molecular weight excluding hydrogens is 229 g/mol. The minimum atomic E-state index is -3.35. The highest BCUT2D eigenvalue weighted by atomic mass is 32.1. The predicted molar refractivity (Wildman–Crippen MR) is 53.9 cm³/mol. The molecule has 14 heavy (non-hydrogen) atoms. The van der Waals surface area contributed by atoms with Crippen LogP contribution in [0.4, 0.5) is 0 Å². The lowest BCUT2D eigenvalue weighted by Crippen LogP contribution is -2.17. The molecule has 0 spiro atoms.